The molecule has 0 spiro atoms. The highest BCUT2D eigenvalue weighted by atomic mass is 32.1. The molecule has 2 unspecified atom stereocenters. The van der Waals surface area contributed by atoms with Crippen LogP contribution in [0, 0.1) is 6.92 Å². The van der Waals surface area contributed by atoms with Crippen molar-refractivity contribution in [3.05, 3.63) is 99.9 Å². The maximum absolute atomic E-state index is 5.99. The van der Waals surface area contributed by atoms with Gasteiger partial charge in [-0.3, -0.25) is 0 Å². The van der Waals surface area contributed by atoms with Crippen LogP contribution in [0.5, 0.6) is 0 Å². The van der Waals surface area contributed by atoms with Crippen LogP contribution in [0.25, 0.3) is 59.9 Å². The number of nitrogen functional groups attached to an aromatic ring is 1. The van der Waals surface area contributed by atoms with Crippen molar-refractivity contribution in [1.82, 2.24) is 0 Å². The van der Waals surface area contributed by atoms with Gasteiger partial charge in [0.15, 0.2) is 0 Å². The van der Waals surface area contributed by atoms with Gasteiger partial charge in [-0.25, -0.2) is 0 Å². The van der Waals surface area contributed by atoms with Crippen LogP contribution >= 0.6 is 68.0 Å². The Labute approximate surface area is 269 Å². The number of hydrogen-bond donors (Lipinski definition) is 1. The Balaban J connectivity index is 1.06. The van der Waals surface area contributed by atoms with E-state index in [0.29, 0.717) is 11.8 Å². The van der Waals surface area contributed by atoms with Crippen molar-refractivity contribution >= 4 is 73.0 Å². The topological polar surface area (TPSA) is 26.0 Å². The van der Waals surface area contributed by atoms with Crippen LogP contribution in [0.2, 0.25) is 0 Å². The summed E-state index contributed by atoms with van der Waals surface area (Å²) in [6, 6.07) is 27.7. The Morgan fingerprint density at radius 1 is 0.452 bits per heavy atom. The molecule has 6 heterocycles. The summed E-state index contributed by atoms with van der Waals surface area (Å²) < 4.78 is 0. The molecule has 206 valence electrons. The molecule has 0 saturated carbocycles. The van der Waals surface area contributed by atoms with E-state index in [-0.39, 0.29) is 0 Å². The van der Waals surface area contributed by atoms with Crippen LogP contribution in [-0.2, 0) is 0 Å². The van der Waals surface area contributed by atoms with Gasteiger partial charge in [0.1, 0.15) is 0 Å². The van der Waals surface area contributed by atoms with Crippen LogP contribution in [0.3, 0.4) is 0 Å². The zero-order valence-corrected chi connectivity index (χ0v) is 28.0. The molecule has 0 saturated heterocycles. The smallest absolute Gasteiger partial charge is 0.0863 e. The lowest BCUT2D eigenvalue weighted by Crippen LogP contribution is -1.93. The summed E-state index contributed by atoms with van der Waals surface area (Å²) in [7, 11) is 0. The van der Waals surface area contributed by atoms with Crippen LogP contribution in [0.15, 0.2) is 72.8 Å². The van der Waals surface area contributed by atoms with Crippen LogP contribution in [0.1, 0.15) is 52.8 Å². The molecule has 0 bridgehead atoms. The van der Waals surface area contributed by atoms with Gasteiger partial charge in [0.25, 0.3) is 0 Å². The number of aryl methyl sites for hydroxylation is 1. The number of hydrogen-bond acceptors (Lipinski definition) is 7. The van der Waals surface area contributed by atoms with E-state index >= 15 is 0 Å². The van der Waals surface area contributed by atoms with Gasteiger partial charge in [-0.1, -0.05) is 13.8 Å². The minimum absolute atomic E-state index is 0.412. The standard InChI is InChI=1S/C35H25NS6/c1-16-4-5-25(37-16)26-6-8-29(38-26)31-14-21-17(2)19-13-24-20(12-23(19)34(21)41-31)18(3)22-15-32(42-35(22)24)30-9-7-27(39-30)28-10-11-33(36)40-28/h4-15,17-18H,36H2,1-3H3. The first-order chi connectivity index (χ1) is 20.4. The lowest BCUT2D eigenvalue weighted by Gasteiger charge is -2.12. The second-order valence-electron chi connectivity index (χ2n) is 11.2. The number of benzene rings is 1. The fourth-order valence-electron chi connectivity index (χ4n) is 6.45. The third kappa shape index (κ3) is 3.81. The summed E-state index contributed by atoms with van der Waals surface area (Å²) in [6.45, 7) is 6.97. The SMILES string of the molecule is Cc1ccc(-c2ccc(-c3cc4c(s3)-c3cc5c(cc3C4C)-c3sc(-c4ccc(-c6ccc(N)s6)s4)cc3C5C)s2)s1. The van der Waals surface area contributed by atoms with Gasteiger partial charge in [0.05, 0.1) is 5.00 Å². The highest BCUT2D eigenvalue weighted by Gasteiger charge is 2.35. The maximum atomic E-state index is 5.99. The second kappa shape index (κ2) is 9.36. The summed E-state index contributed by atoms with van der Waals surface area (Å²) in [5.74, 6) is 0.830. The Kier molecular flexibility index (Phi) is 5.72. The molecule has 2 aliphatic rings. The molecule has 7 heteroatoms. The molecule has 6 aromatic heterocycles. The molecule has 1 aromatic carbocycles. The largest absolute Gasteiger partial charge is 0.391 e. The summed E-state index contributed by atoms with van der Waals surface area (Å²) in [5.41, 5.74) is 14.9. The summed E-state index contributed by atoms with van der Waals surface area (Å²) in [4.78, 5) is 15.1. The van der Waals surface area contributed by atoms with E-state index < -0.39 is 0 Å². The van der Waals surface area contributed by atoms with Crippen molar-refractivity contribution in [1.29, 1.82) is 0 Å². The molecular formula is C35H25NS6. The normalized spacial score (nSPS) is 16.5. The summed E-state index contributed by atoms with van der Waals surface area (Å²) in [5, 5.41) is 0.873. The van der Waals surface area contributed by atoms with E-state index in [1.807, 2.05) is 62.8 Å². The quantitative estimate of drug-likeness (QED) is 0.201. The Hall–Kier alpha value is -2.78. The molecular weight excluding hydrogens is 627 g/mol. The van der Waals surface area contributed by atoms with Crippen molar-refractivity contribution in [2.45, 2.75) is 32.6 Å². The first kappa shape index (κ1) is 25.7. The molecule has 42 heavy (non-hydrogen) atoms. The number of rotatable bonds is 4. The highest BCUT2D eigenvalue weighted by molar-refractivity contribution is 7.28. The van der Waals surface area contributed by atoms with Gasteiger partial charge in [-0.2, -0.15) is 0 Å². The predicted octanol–water partition coefficient (Wildman–Crippen LogP) is 12.9. The molecule has 2 N–H and O–H groups in total. The van der Waals surface area contributed by atoms with E-state index in [1.165, 1.54) is 87.0 Å². The minimum atomic E-state index is 0.412. The van der Waals surface area contributed by atoms with Gasteiger partial charge in [-0.05, 0) is 113 Å². The van der Waals surface area contributed by atoms with Crippen LogP contribution < -0.4 is 5.73 Å². The van der Waals surface area contributed by atoms with Crippen molar-refractivity contribution in [3.8, 4) is 59.9 Å². The molecule has 1 nitrogen and oxygen atoms in total. The number of nitrogens with two attached hydrogens (primary N) is 1. The van der Waals surface area contributed by atoms with Crippen molar-refractivity contribution in [2.75, 3.05) is 5.73 Å². The fraction of sp³-hybridized carbons (Fsp3) is 0.143. The van der Waals surface area contributed by atoms with Crippen molar-refractivity contribution in [3.63, 3.8) is 0 Å². The van der Waals surface area contributed by atoms with E-state index in [4.69, 9.17) is 5.73 Å². The average Bonchev–Trinajstić information content (AvgIpc) is 3.81. The summed E-state index contributed by atoms with van der Waals surface area (Å²) in [6.07, 6.45) is 0. The average molecular weight is 652 g/mol. The Bertz CT molecular complexity index is 2020. The summed E-state index contributed by atoms with van der Waals surface area (Å²) >= 11 is 11.3. The molecule has 0 fully saturated rings. The lowest BCUT2D eigenvalue weighted by molar-refractivity contribution is 0.946. The lowest BCUT2D eigenvalue weighted by atomic mass is 9.93. The van der Waals surface area contributed by atoms with Crippen LogP contribution in [0.4, 0.5) is 5.00 Å². The molecule has 0 aliphatic heterocycles. The minimum Gasteiger partial charge on any atom is -0.391 e. The van der Waals surface area contributed by atoms with Crippen molar-refractivity contribution < 1.29 is 0 Å². The number of fused-ring (bicyclic) bond motifs is 6. The van der Waals surface area contributed by atoms with E-state index in [0.717, 1.165) is 5.00 Å². The van der Waals surface area contributed by atoms with E-state index in [1.54, 1.807) is 11.3 Å². The van der Waals surface area contributed by atoms with Gasteiger partial charge >= 0.3 is 0 Å². The third-order valence-corrected chi connectivity index (χ3v) is 15.9. The molecule has 7 aromatic rings. The fourth-order valence-corrected chi connectivity index (χ4v) is 13.0. The van der Waals surface area contributed by atoms with Gasteiger partial charge in [0.2, 0.25) is 0 Å². The molecule has 0 radical (unpaired) electrons. The molecule has 2 atom stereocenters. The highest BCUT2D eigenvalue weighted by Crippen LogP contribution is 2.58. The monoisotopic (exact) mass is 651 g/mol. The Morgan fingerprint density at radius 3 is 1.33 bits per heavy atom. The second-order valence-corrected chi connectivity index (χ2v) is 17.9. The number of thiophene rings is 6. The van der Waals surface area contributed by atoms with Gasteiger partial charge in [-0.15, -0.1) is 68.0 Å². The van der Waals surface area contributed by atoms with E-state index in [9.17, 15) is 0 Å². The third-order valence-electron chi connectivity index (χ3n) is 8.65. The molecule has 2 aliphatic carbocycles. The van der Waals surface area contributed by atoms with E-state index in [2.05, 4.69) is 87.5 Å². The number of anilines is 1. The first-order valence-electron chi connectivity index (χ1n) is 14.0. The molecule has 9 rings (SSSR count). The first-order valence-corrected chi connectivity index (χ1v) is 18.9. The Morgan fingerprint density at radius 2 is 0.881 bits per heavy atom. The zero-order chi connectivity index (χ0) is 28.3. The predicted molar refractivity (Wildman–Crippen MR) is 191 cm³/mol. The maximum Gasteiger partial charge on any atom is 0.0863 e. The van der Waals surface area contributed by atoms with Gasteiger partial charge in [0, 0.05) is 65.5 Å². The molecule has 0 amide bonds. The van der Waals surface area contributed by atoms with Gasteiger partial charge < -0.3 is 5.73 Å². The van der Waals surface area contributed by atoms with Crippen LogP contribution in [-0.4, -0.2) is 0 Å². The zero-order valence-electron chi connectivity index (χ0n) is 23.1. The van der Waals surface area contributed by atoms with Crippen molar-refractivity contribution in [2.24, 2.45) is 0 Å².